The zero-order chi connectivity index (χ0) is 13.8. The molecule has 0 spiro atoms. The fourth-order valence-electron chi connectivity index (χ4n) is 2.34. The van der Waals surface area contributed by atoms with E-state index in [4.69, 9.17) is 5.73 Å². The van der Waals surface area contributed by atoms with Crippen molar-refractivity contribution in [1.82, 2.24) is 21.3 Å². The number of nitrogens with one attached hydrogen (secondary N) is 4. The van der Waals surface area contributed by atoms with Gasteiger partial charge in [0.1, 0.15) is 0 Å². The van der Waals surface area contributed by atoms with E-state index in [1.165, 1.54) is 25.9 Å². The molecule has 1 saturated carbocycles. The van der Waals surface area contributed by atoms with Crippen LogP contribution in [-0.4, -0.2) is 52.5 Å². The first kappa shape index (κ1) is 16.9. The molecule has 5 heteroatoms. The van der Waals surface area contributed by atoms with Crippen LogP contribution in [0.4, 0.5) is 0 Å². The van der Waals surface area contributed by atoms with Crippen LogP contribution in [0.25, 0.3) is 0 Å². The van der Waals surface area contributed by atoms with E-state index in [0.29, 0.717) is 6.67 Å². The molecule has 0 saturated heterocycles. The smallest absolute Gasteiger partial charge is 0.0428 e. The number of hydrogen-bond acceptors (Lipinski definition) is 5. The van der Waals surface area contributed by atoms with Crippen molar-refractivity contribution < 1.29 is 0 Å². The molecule has 0 heterocycles. The molecule has 0 bridgehead atoms. The van der Waals surface area contributed by atoms with E-state index in [2.05, 4.69) is 28.2 Å². The van der Waals surface area contributed by atoms with Crippen molar-refractivity contribution in [2.24, 2.45) is 17.6 Å². The molecule has 0 aromatic rings. The van der Waals surface area contributed by atoms with Crippen LogP contribution in [0, 0.1) is 11.8 Å². The van der Waals surface area contributed by atoms with Crippen molar-refractivity contribution in [2.75, 3.05) is 52.5 Å². The lowest BCUT2D eigenvalue weighted by molar-refractivity contribution is 0.536. The van der Waals surface area contributed by atoms with Crippen molar-refractivity contribution in [3.05, 3.63) is 0 Å². The predicted molar refractivity (Wildman–Crippen MR) is 82.2 cm³/mol. The van der Waals surface area contributed by atoms with Gasteiger partial charge in [-0.1, -0.05) is 6.92 Å². The minimum Gasteiger partial charge on any atom is -0.318 e. The van der Waals surface area contributed by atoms with Crippen LogP contribution in [0.1, 0.15) is 26.2 Å². The molecule has 6 N–H and O–H groups in total. The topological polar surface area (TPSA) is 74.1 Å². The molecule has 114 valence electrons. The van der Waals surface area contributed by atoms with E-state index in [-0.39, 0.29) is 0 Å². The fraction of sp³-hybridized carbons (Fsp3) is 1.00. The summed E-state index contributed by atoms with van der Waals surface area (Å²) in [4.78, 5) is 0. The summed E-state index contributed by atoms with van der Waals surface area (Å²) in [6.07, 6.45) is 3.79. The average Bonchev–Trinajstić information content (AvgIpc) is 3.16. The molecule has 0 amide bonds. The Hall–Kier alpha value is -0.200. The van der Waals surface area contributed by atoms with Crippen LogP contribution in [0.5, 0.6) is 0 Å². The first-order valence-electron chi connectivity index (χ1n) is 7.91. The summed E-state index contributed by atoms with van der Waals surface area (Å²) in [5.41, 5.74) is 5.36. The molecule has 0 aliphatic heterocycles. The van der Waals surface area contributed by atoms with E-state index < -0.39 is 0 Å². The molecule has 1 rings (SSSR count). The first-order valence-corrected chi connectivity index (χ1v) is 7.91. The van der Waals surface area contributed by atoms with Crippen LogP contribution >= 0.6 is 0 Å². The molecular formula is C14H33N5. The van der Waals surface area contributed by atoms with Gasteiger partial charge in [0.15, 0.2) is 0 Å². The van der Waals surface area contributed by atoms with Gasteiger partial charge in [0.2, 0.25) is 0 Å². The summed E-state index contributed by atoms with van der Waals surface area (Å²) >= 11 is 0. The Kier molecular flexibility index (Phi) is 10.3. The normalized spacial score (nSPS) is 21.8. The Morgan fingerprint density at radius 1 is 0.842 bits per heavy atom. The Balaban J connectivity index is 1.76. The molecule has 2 atom stereocenters. The first-order chi connectivity index (χ1) is 9.38. The zero-order valence-corrected chi connectivity index (χ0v) is 12.5. The SMILES string of the molecule is CCNCCCNCC1CC1CNCCCNCN. The minimum absolute atomic E-state index is 0.587. The van der Waals surface area contributed by atoms with E-state index in [1.54, 1.807) is 0 Å². The monoisotopic (exact) mass is 271 g/mol. The number of rotatable bonds is 14. The standard InChI is InChI=1S/C14H33N5/c1-2-16-5-3-6-17-10-13-9-14(13)11-18-7-4-8-19-12-15/h13-14,16-19H,2-12,15H2,1H3. The highest BCUT2D eigenvalue weighted by atomic mass is 15.0. The minimum atomic E-state index is 0.587. The second-order valence-corrected chi connectivity index (χ2v) is 5.43. The summed E-state index contributed by atoms with van der Waals surface area (Å²) < 4.78 is 0. The largest absolute Gasteiger partial charge is 0.318 e. The van der Waals surface area contributed by atoms with Gasteiger partial charge in [-0.2, -0.15) is 0 Å². The predicted octanol–water partition coefficient (Wildman–Crippen LogP) is -0.303. The van der Waals surface area contributed by atoms with E-state index >= 15 is 0 Å². The molecule has 0 aromatic heterocycles. The maximum atomic E-state index is 5.36. The highest BCUT2D eigenvalue weighted by Gasteiger charge is 2.35. The van der Waals surface area contributed by atoms with Crippen LogP contribution in [0.3, 0.4) is 0 Å². The summed E-state index contributed by atoms with van der Waals surface area (Å²) in [5.74, 6) is 1.82. The Labute approximate surface area is 118 Å². The second kappa shape index (κ2) is 11.6. The molecule has 5 nitrogen and oxygen atoms in total. The summed E-state index contributed by atoms with van der Waals surface area (Å²) in [7, 11) is 0. The Morgan fingerprint density at radius 2 is 1.37 bits per heavy atom. The van der Waals surface area contributed by atoms with Crippen LogP contribution in [0.15, 0.2) is 0 Å². The van der Waals surface area contributed by atoms with Gasteiger partial charge in [-0.05, 0) is 76.9 Å². The summed E-state index contributed by atoms with van der Waals surface area (Å²) in [6.45, 7) is 10.6. The van der Waals surface area contributed by atoms with Crippen LogP contribution < -0.4 is 27.0 Å². The van der Waals surface area contributed by atoms with Crippen LogP contribution in [-0.2, 0) is 0 Å². The number of hydrogen-bond donors (Lipinski definition) is 5. The molecule has 1 aliphatic carbocycles. The summed E-state index contributed by atoms with van der Waals surface area (Å²) in [6, 6.07) is 0. The highest BCUT2D eigenvalue weighted by molar-refractivity contribution is 4.89. The van der Waals surface area contributed by atoms with E-state index in [1.807, 2.05) is 0 Å². The maximum absolute atomic E-state index is 5.36. The van der Waals surface area contributed by atoms with Crippen LogP contribution in [0.2, 0.25) is 0 Å². The molecule has 0 radical (unpaired) electrons. The average molecular weight is 271 g/mol. The Morgan fingerprint density at radius 3 is 1.89 bits per heavy atom. The van der Waals surface area contributed by atoms with Crippen molar-refractivity contribution in [3.8, 4) is 0 Å². The van der Waals surface area contributed by atoms with Gasteiger partial charge in [-0.3, -0.25) is 0 Å². The van der Waals surface area contributed by atoms with Crippen molar-refractivity contribution in [3.63, 3.8) is 0 Å². The van der Waals surface area contributed by atoms with Gasteiger partial charge in [-0.15, -0.1) is 0 Å². The lowest BCUT2D eigenvalue weighted by Gasteiger charge is -2.06. The van der Waals surface area contributed by atoms with Gasteiger partial charge in [0, 0.05) is 6.67 Å². The second-order valence-electron chi connectivity index (χ2n) is 5.43. The fourth-order valence-corrected chi connectivity index (χ4v) is 2.34. The molecule has 2 unspecified atom stereocenters. The van der Waals surface area contributed by atoms with Crippen molar-refractivity contribution in [1.29, 1.82) is 0 Å². The third-order valence-electron chi connectivity index (χ3n) is 3.69. The number of nitrogens with two attached hydrogens (primary N) is 1. The lowest BCUT2D eigenvalue weighted by atomic mass is 10.3. The lowest BCUT2D eigenvalue weighted by Crippen LogP contribution is -2.27. The molecular weight excluding hydrogens is 238 g/mol. The highest BCUT2D eigenvalue weighted by Crippen LogP contribution is 2.36. The zero-order valence-electron chi connectivity index (χ0n) is 12.5. The molecule has 19 heavy (non-hydrogen) atoms. The van der Waals surface area contributed by atoms with Crippen molar-refractivity contribution in [2.45, 2.75) is 26.2 Å². The van der Waals surface area contributed by atoms with Gasteiger partial charge in [-0.25, -0.2) is 0 Å². The Bertz CT molecular complexity index is 180. The van der Waals surface area contributed by atoms with Gasteiger partial charge >= 0.3 is 0 Å². The third kappa shape index (κ3) is 9.35. The third-order valence-corrected chi connectivity index (χ3v) is 3.69. The molecule has 1 fully saturated rings. The maximum Gasteiger partial charge on any atom is 0.0428 e. The van der Waals surface area contributed by atoms with Gasteiger partial charge in [0.05, 0.1) is 0 Å². The summed E-state index contributed by atoms with van der Waals surface area (Å²) in [5, 5.41) is 13.6. The molecule has 0 aromatic carbocycles. The van der Waals surface area contributed by atoms with E-state index in [0.717, 1.165) is 51.0 Å². The molecule has 1 aliphatic rings. The van der Waals surface area contributed by atoms with Gasteiger partial charge < -0.3 is 27.0 Å². The quantitative estimate of drug-likeness (QED) is 0.222. The van der Waals surface area contributed by atoms with E-state index in [9.17, 15) is 0 Å². The van der Waals surface area contributed by atoms with Crippen molar-refractivity contribution >= 4 is 0 Å². The van der Waals surface area contributed by atoms with Gasteiger partial charge in [0.25, 0.3) is 0 Å².